The molecule has 0 unspecified atom stereocenters. The molecular formula is C22H19N2O2+. The van der Waals surface area contributed by atoms with Crippen LogP contribution in [0.4, 0.5) is 0 Å². The zero-order valence-electron chi connectivity index (χ0n) is 14.5. The number of benzene rings is 2. The Morgan fingerprint density at radius 1 is 0.885 bits per heavy atom. The van der Waals surface area contributed by atoms with Crippen molar-refractivity contribution < 1.29 is 13.7 Å². The van der Waals surface area contributed by atoms with Gasteiger partial charge in [0.2, 0.25) is 5.89 Å². The van der Waals surface area contributed by atoms with Crippen LogP contribution >= 0.6 is 0 Å². The molecule has 0 aliphatic carbocycles. The van der Waals surface area contributed by atoms with Crippen LogP contribution in [0.3, 0.4) is 0 Å². The molecule has 0 aliphatic heterocycles. The highest BCUT2D eigenvalue weighted by atomic mass is 16.5. The minimum absolute atomic E-state index is 0.614. The van der Waals surface area contributed by atoms with E-state index < -0.39 is 0 Å². The van der Waals surface area contributed by atoms with Gasteiger partial charge in [0.1, 0.15) is 5.75 Å². The number of pyridine rings is 1. The van der Waals surface area contributed by atoms with E-state index >= 15 is 0 Å². The van der Waals surface area contributed by atoms with E-state index in [-0.39, 0.29) is 0 Å². The van der Waals surface area contributed by atoms with Crippen LogP contribution in [0.5, 0.6) is 5.75 Å². The third kappa shape index (κ3) is 3.49. The van der Waals surface area contributed by atoms with Crippen molar-refractivity contribution in [2.24, 2.45) is 0 Å². The maximum atomic E-state index is 5.93. The number of ether oxygens (including phenoxy) is 1. The number of oxazole rings is 1. The summed E-state index contributed by atoms with van der Waals surface area (Å²) in [5.74, 6) is 2.17. The summed E-state index contributed by atoms with van der Waals surface area (Å²) in [4.78, 5) is 4.41. The van der Waals surface area contributed by atoms with E-state index in [4.69, 9.17) is 9.15 Å². The fourth-order valence-electron chi connectivity index (χ4n) is 2.80. The Balaban J connectivity index is 1.52. The number of hydrogen-bond donors (Lipinski definition) is 0. The Hall–Kier alpha value is -3.40. The van der Waals surface area contributed by atoms with Gasteiger partial charge >= 0.3 is 0 Å². The molecule has 0 atom stereocenters. The molecule has 0 N–H and O–H groups in total. The van der Waals surface area contributed by atoms with Crippen molar-refractivity contribution in [2.45, 2.75) is 6.54 Å². The van der Waals surface area contributed by atoms with Crippen LogP contribution in [0, 0.1) is 0 Å². The molecule has 0 saturated carbocycles. The van der Waals surface area contributed by atoms with E-state index in [2.05, 4.69) is 33.8 Å². The molecule has 2 aromatic carbocycles. The topological polar surface area (TPSA) is 39.1 Å². The second-order valence-electron chi connectivity index (χ2n) is 6.00. The lowest BCUT2D eigenvalue weighted by Gasteiger charge is -2.00. The standard InChI is InChI=1S/C22H19N2O2/c1-25-20-9-7-18(8-10-20)21-15-23-22(26-21)19-11-13-24(14-12-19)16-17-5-3-2-4-6-17/h2-15H,16H2,1H3/q+1. The van der Waals surface area contributed by atoms with Crippen LogP contribution in [-0.4, -0.2) is 12.1 Å². The largest absolute Gasteiger partial charge is 0.497 e. The molecule has 128 valence electrons. The Morgan fingerprint density at radius 3 is 2.31 bits per heavy atom. The van der Waals surface area contributed by atoms with E-state index in [1.807, 2.05) is 54.9 Å². The summed E-state index contributed by atoms with van der Waals surface area (Å²) in [6.07, 6.45) is 5.83. The van der Waals surface area contributed by atoms with E-state index in [1.54, 1.807) is 13.3 Å². The zero-order chi connectivity index (χ0) is 17.8. The molecular weight excluding hydrogens is 324 g/mol. The average Bonchev–Trinajstić information content (AvgIpc) is 3.20. The van der Waals surface area contributed by atoms with Gasteiger partial charge in [-0.05, 0) is 24.3 Å². The van der Waals surface area contributed by atoms with Gasteiger partial charge < -0.3 is 9.15 Å². The predicted octanol–water partition coefficient (Wildman–Crippen LogP) is 4.35. The molecule has 26 heavy (non-hydrogen) atoms. The summed E-state index contributed by atoms with van der Waals surface area (Å²) in [6.45, 7) is 0.837. The first-order valence-corrected chi connectivity index (χ1v) is 8.45. The van der Waals surface area contributed by atoms with Crippen LogP contribution in [0.1, 0.15) is 5.56 Å². The zero-order valence-corrected chi connectivity index (χ0v) is 14.5. The van der Waals surface area contributed by atoms with Gasteiger partial charge in [-0.1, -0.05) is 30.3 Å². The molecule has 0 bridgehead atoms. The summed E-state index contributed by atoms with van der Waals surface area (Å²) in [5.41, 5.74) is 3.19. The number of aromatic nitrogens is 2. The lowest BCUT2D eigenvalue weighted by atomic mass is 10.2. The first kappa shape index (κ1) is 16.1. The van der Waals surface area contributed by atoms with Crippen LogP contribution in [-0.2, 0) is 6.54 Å². The normalized spacial score (nSPS) is 10.7. The number of nitrogens with zero attached hydrogens (tertiary/aromatic N) is 2. The molecule has 0 fully saturated rings. The second kappa shape index (κ2) is 7.23. The molecule has 4 nitrogen and oxygen atoms in total. The molecule has 0 aliphatic rings. The fourth-order valence-corrected chi connectivity index (χ4v) is 2.80. The fraction of sp³-hybridized carbons (Fsp3) is 0.0909. The SMILES string of the molecule is COc1ccc(-c2cnc(-c3cc[n+](Cc4ccccc4)cc3)o2)cc1. The third-order valence-electron chi connectivity index (χ3n) is 4.23. The minimum Gasteiger partial charge on any atom is -0.497 e. The molecule has 2 heterocycles. The van der Waals surface area contributed by atoms with Crippen LogP contribution < -0.4 is 9.30 Å². The van der Waals surface area contributed by atoms with Crippen molar-refractivity contribution in [3.05, 3.63) is 90.9 Å². The Kier molecular flexibility index (Phi) is 4.48. The smallest absolute Gasteiger partial charge is 0.227 e. The van der Waals surface area contributed by atoms with Crippen molar-refractivity contribution in [1.29, 1.82) is 0 Å². The number of methoxy groups -OCH3 is 1. The maximum absolute atomic E-state index is 5.93. The summed E-state index contributed by atoms with van der Waals surface area (Å²) in [6, 6.07) is 22.2. The van der Waals surface area contributed by atoms with Gasteiger partial charge in [0.15, 0.2) is 24.7 Å². The molecule has 2 aromatic heterocycles. The van der Waals surface area contributed by atoms with Crippen molar-refractivity contribution >= 4 is 0 Å². The van der Waals surface area contributed by atoms with Crippen molar-refractivity contribution in [3.63, 3.8) is 0 Å². The van der Waals surface area contributed by atoms with Crippen LogP contribution in [0.25, 0.3) is 22.8 Å². The molecule has 0 saturated heterocycles. The molecule has 4 rings (SSSR count). The van der Waals surface area contributed by atoms with Gasteiger partial charge in [-0.15, -0.1) is 0 Å². The molecule has 0 spiro atoms. The molecule has 0 amide bonds. The van der Waals surface area contributed by atoms with Gasteiger partial charge in [-0.25, -0.2) is 9.55 Å². The highest BCUT2D eigenvalue weighted by molar-refractivity contribution is 5.61. The minimum atomic E-state index is 0.614. The lowest BCUT2D eigenvalue weighted by molar-refractivity contribution is -0.688. The Bertz CT molecular complexity index is 975. The van der Waals surface area contributed by atoms with E-state index in [9.17, 15) is 0 Å². The third-order valence-corrected chi connectivity index (χ3v) is 4.23. The van der Waals surface area contributed by atoms with Gasteiger partial charge in [-0.2, -0.15) is 0 Å². The molecule has 4 heteroatoms. The van der Waals surface area contributed by atoms with E-state index in [0.717, 1.165) is 29.2 Å². The van der Waals surface area contributed by atoms with Crippen molar-refractivity contribution in [2.75, 3.05) is 7.11 Å². The first-order valence-electron chi connectivity index (χ1n) is 8.45. The predicted molar refractivity (Wildman–Crippen MR) is 99.7 cm³/mol. The van der Waals surface area contributed by atoms with Gasteiger partial charge in [-0.3, -0.25) is 0 Å². The maximum Gasteiger partial charge on any atom is 0.227 e. The monoisotopic (exact) mass is 343 g/mol. The first-order chi connectivity index (χ1) is 12.8. The lowest BCUT2D eigenvalue weighted by Crippen LogP contribution is -2.32. The summed E-state index contributed by atoms with van der Waals surface area (Å²) in [5, 5.41) is 0. The number of rotatable bonds is 5. The highest BCUT2D eigenvalue weighted by Gasteiger charge is 2.11. The van der Waals surface area contributed by atoms with Crippen molar-refractivity contribution in [3.8, 4) is 28.5 Å². The summed E-state index contributed by atoms with van der Waals surface area (Å²) in [7, 11) is 1.65. The quantitative estimate of drug-likeness (QED) is 0.506. The van der Waals surface area contributed by atoms with Gasteiger partial charge in [0.25, 0.3) is 0 Å². The number of hydrogen-bond acceptors (Lipinski definition) is 3. The van der Waals surface area contributed by atoms with Gasteiger partial charge in [0, 0.05) is 28.8 Å². The van der Waals surface area contributed by atoms with Crippen LogP contribution in [0.2, 0.25) is 0 Å². The highest BCUT2D eigenvalue weighted by Crippen LogP contribution is 2.26. The summed E-state index contributed by atoms with van der Waals surface area (Å²) < 4.78 is 13.2. The molecule has 4 aromatic rings. The Morgan fingerprint density at radius 2 is 1.62 bits per heavy atom. The van der Waals surface area contributed by atoms with E-state index in [0.29, 0.717) is 5.89 Å². The second-order valence-corrected chi connectivity index (χ2v) is 6.00. The average molecular weight is 343 g/mol. The van der Waals surface area contributed by atoms with E-state index in [1.165, 1.54) is 5.56 Å². The molecule has 0 radical (unpaired) electrons. The van der Waals surface area contributed by atoms with Crippen LogP contribution in [0.15, 0.2) is 89.7 Å². The summed E-state index contributed by atoms with van der Waals surface area (Å²) >= 11 is 0. The van der Waals surface area contributed by atoms with Gasteiger partial charge in [0.05, 0.1) is 13.3 Å². The van der Waals surface area contributed by atoms with Crippen molar-refractivity contribution in [1.82, 2.24) is 4.98 Å². The Labute approximate surface area is 152 Å².